The maximum atomic E-state index is 13.5. The van der Waals surface area contributed by atoms with Crippen molar-refractivity contribution in [3.8, 4) is 23.1 Å². The van der Waals surface area contributed by atoms with E-state index in [-0.39, 0.29) is 11.6 Å². The van der Waals surface area contributed by atoms with Crippen molar-refractivity contribution in [2.45, 2.75) is 20.3 Å². The molecule has 2 aromatic heterocycles. The van der Waals surface area contributed by atoms with Crippen LogP contribution in [0.5, 0.6) is 17.4 Å². The average Bonchev–Trinajstić information content (AvgIpc) is 3.17. The molecule has 9 heteroatoms. The molecule has 0 amide bonds. The number of aryl methyl sites for hydroxylation is 2. The number of benzene rings is 2. The van der Waals surface area contributed by atoms with Gasteiger partial charge in [-0.15, -0.1) is 0 Å². The molecule has 0 unspecified atom stereocenters. The Bertz CT molecular complexity index is 1270. The molecule has 32 heavy (non-hydrogen) atoms. The molecule has 0 bridgehead atoms. The van der Waals surface area contributed by atoms with Crippen molar-refractivity contribution in [1.29, 1.82) is 0 Å². The fraction of sp³-hybridized carbons (Fsp3) is 0.174. The Morgan fingerprint density at radius 2 is 1.69 bits per heavy atom. The zero-order valence-corrected chi connectivity index (χ0v) is 17.6. The van der Waals surface area contributed by atoms with Gasteiger partial charge in [-0.1, -0.05) is 6.07 Å². The summed E-state index contributed by atoms with van der Waals surface area (Å²) in [6, 6.07) is 8.75. The number of ether oxygens (including phenoxy) is 2. The topological polar surface area (TPSA) is 62.1 Å². The summed E-state index contributed by atoms with van der Waals surface area (Å²) in [4.78, 5) is 13.0. The highest BCUT2D eigenvalue weighted by Gasteiger charge is 2.14. The van der Waals surface area contributed by atoms with Gasteiger partial charge in [-0.2, -0.15) is 4.98 Å². The fourth-order valence-electron chi connectivity index (χ4n) is 3.22. The first-order valence-corrected chi connectivity index (χ1v) is 9.67. The summed E-state index contributed by atoms with van der Waals surface area (Å²) < 4.78 is 53.0. The van der Waals surface area contributed by atoms with Crippen molar-refractivity contribution in [3.63, 3.8) is 0 Å². The molecule has 164 valence electrons. The Morgan fingerprint density at radius 1 is 0.938 bits per heavy atom. The van der Waals surface area contributed by atoms with Crippen LogP contribution in [-0.4, -0.2) is 26.6 Å². The van der Waals surface area contributed by atoms with E-state index in [1.165, 1.54) is 6.07 Å². The molecule has 0 saturated heterocycles. The van der Waals surface area contributed by atoms with Gasteiger partial charge in [0, 0.05) is 36.5 Å². The second-order valence-corrected chi connectivity index (χ2v) is 7.17. The standard InChI is InChI=1S/C23H19F3N4O2/c1-13-6-22(32-16-9-17(24)23(26)18(25)10-16)29-21(28-13)8-15-4-5-19(20(7-15)31-3)30-11-14(2)27-12-30/h4-7,9-12H,8H2,1-3H3. The van der Waals surface area contributed by atoms with E-state index in [2.05, 4.69) is 15.0 Å². The highest BCUT2D eigenvalue weighted by molar-refractivity contribution is 5.49. The van der Waals surface area contributed by atoms with Gasteiger partial charge in [0.25, 0.3) is 0 Å². The van der Waals surface area contributed by atoms with Crippen LogP contribution in [0.1, 0.15) is 22.8 Å². The Hall–Kier alpha value is -3.88. The normalized spacial score (nSPS) is 10.9. The van der Waals surface area contributed by atoms with Gasteiger partial charge in [0.05, 0.1) is 24.8 Å². The lowest BCUT2D eigenvalue weighted by molar-refractivity contribution is 0.412. The first kappa shape index (κ1) is 21.4. The summed E-state index contributed by atoms with van der Waals surface area (Å²) in [6.07, 6.45) is 3.97. The van der Waals surface area contributed by atoms with Crippen LogP contribution in [0.15, 0.2) is 48.9 Å². The molecule has 0 fully saturated rings. The molecule has 0 aliphatic heterocycles. The van der Waals surface area contributed by atoms with Crippen molar-refractivity contribution in [2.24, 2.45) is 0 Å². The lowest BCUT2D eigenvalue weighted by atomic mass is 10.1. The summed E-state index contributed by atoms with van der Waals surface area (Å²) in [5, 5.41) is 0. The van der Waals surface area contributed by atoms with E-state index in [4.69, 9.17) is 9.47 Å². The van der Waals surface area contributed by atoms with E-state index in [9.17, 15) is 13.2 Å². The minimum atomic E-state index is -1.56. The first-order valence-electron chi connectivity index (χ1n) is 9.67. The maximum Gasteiger partial charge on any atom is 0.222 e. The molecular formula is C23H19F3N4O2. The molecule has 0 N–H and O–H groups in total. The SMILES string of the molecule is COc1cc(Cc2nc(C)cc(Oc3cc(F)c(F)c(F)c3)n2)ccc1-n1cnc(C)c1. The van der Waals surface area contributed by atoms with Crippen molar-refractivity contribution < 1.29 is 22.6 Å². The second-order valence-electron chi connectivity index (χ2n) is 7.17. The Balaban J connectivity index is 1.59. The van der Waals surface area contributed by atoms with Crippen molar-refractivity contribution >= 4 is 0 Å². The highest BCUT2D eigenvalue weighted by atomic mass is 19.2. The number of halogens is 3. The van der Waals surface area contributed by atoms with E-state index in [1.807, 2.05) is 35.9 Å². The van der Waals surface area contributed by atoms with Crippen LogP contribution in [0, 0.1) is 31.3 Å². The van der Waals surface area contributed by atoms with E-state index in [1.54, 1.807) is 20.4 Å². The first-order chi connectivity index (χ1) is 15.3. The quantitative estimate of drug-likeness (QED) is 0.391. The fourth-order valence-corrected chi connectivity index (χ4v) is 3.22. The molecule has 4 aromatic rings. The number of rotatable bonds is 6. The summed E-state index contributed by atoms with van der Waals surface area (Å²) in [7, 11) is 1.59. The van der Waals surface area contributed by atoms with Crippen molar-refractivity contribution in [1.82, 2.24) is 19.5 Å². The van der Waals surface area contributed by atoms with Crippen LogP contribution < -0.4 is 9.47 Å². The molecule has 0 aliphatic carbocycles. The minimum Gasteiger partial charge on any atom is -0.495 e. The molecule has 0 spiro atoms. The average molecular weight is 440 g/mol. The van der Waals surface area contributed by atoms with Crippen LogP contribution in [-0.2, 0) is 6.42 Å². The highest BCUT2D eigenvalue weighted by Crippen LogP contribution is 2.27. The van der Waals surface area contributed by atoms with E-state index < -0.39 is 17.5 Å². The molecule has 0 saturated carbocycles. The van der Waals surface area contributed by atoms with Gasteiger partial charge in [-0.3, -0.25) is 0 Å². The smallest absolute Gasteiger partial charge is 0.222 e. The Morgan fingerprint density at radius 3 is 2.34 bits per heavy atom. The predicted octanol–water partition coefficient (Wildman–Crippen LogP) is 5.09. The molecular weight excluding hydrogens is 421 g/mol. The summed E-state index contributed by atoms with van der Waals surface area (Å²) in [5.41, 5.74) is 3.22. The number of methoxy groups -OCH3 is 1. The summed E-state index contributed by atoms with van der Waals surface area (Å²) in [5.74, 6) is -3.25. The number of imidazole rings is 1. The molecule has 6 nitrogen and oxygen atoms in total. The predicted molar refractivity (Wildman–Crippen MR) is 111 cm³/mol. The second kappa shape index (κ2) is 8.70. The molecule has 4 rings (SSSR count). The Labute approximate surface area is 182 Å². The van der Waals surface area contributed by atoms with Gasteiger partial charge >= 0.3 is 0 Å². The van der Waals surface area contributed by atoms with E-state index in [0.29, 0.717) is 23.7 Å². The van der Waals surface area contributed by atoms with Crippen LogP contribution >= 0.6 is 0 Å². The van der Waals surface area contributed by atoms with Gasteiger partial charge in [0.1, 0.15) is 17.3 Å². The summed E-state index contributed by atoms with van der Waals surface area (Å²) >= 11 is 0. The summed E-state index contributed by atoms with van der Waals surface area (Å²) in [6.45, 7) is 3.65. The lowest BCUT2D eigenvalue weighted by Gasteiger charge is -2.12. The zero-order chi connectivity index (χ0) is 22.8. The Kier molecular flexibility index (Phi) is 5.81. The van der Waals surface area contributed by atoms with Crippen molar-refractivity contribution in [3.05, 3.63) is 89.1 Å². The third-order valence-electron chi connectivity index (χ3n) is 4.65. The van der Waals surface area contributed by atoms with E-state index in [0.717, 1.165) is 29.1 Å². The van der Waals surface area contributed by atoms with Gasteiger partial charge in [-0.05, 0) is 31.5 Å². The number of aromatic nitrogens is 4. The van der Waals surface area contributed by atoms with Crippen LogP contribution in [0.3, 0.4) is 0 Å². The van der Waals surface area contributed by atoms with Crippen LogP contribution in [0.4, 0.5) is 13.2 Å². The molecule has 0 atom stereocenters. The molecule has 0 radical (unpaired) electrons. The maximum absolute atomic E-state index is 13.5. The number of hydrogen-bond acceptors (Lipinski definition) is 5. The monoisotopic (exact) mass is 440 g/mol. The number of nitrogens with zero attached hydrogens (tertiary/aromatic N) is 4. The molecule has 2 heterocycles. The zero-order valence-electron chi connectivity index (χ0n) is 17.6. The lowest BCUT2D eigenvalue weighted by Crippen LogP contribution is -2.02. The number of hydrogen-bond donors (Lipinski definition) is 0. The minimum absolute atomic E-state index is 0.0929. The van der Waals surface area contributed by atoms with Gasteiger partial charge in [-0.25, -0.2) is 23.1 Å². The largest absolute Gasteiger partial charge is 0.495 e. The van der Waals surface area contributed by atoms with Gasteiger partial charge in [0.15, 0.2) is 17.5 Å². The van der Waals surface area contributed by atoms with Gasteiger partial charge in [0.2, 0.25) is 5.88 Å². The third kappa shape index (κ3) is 4.56. The van der Waals surface area contributed by atoms with Crippen molar-refractivity contribution in [2.75, 3.05) is 7.11 Å². The van der Waals surface area contributed by atoms with E-state index >= 15 is 0 Å². The third-order valence-corrected chi connectivity index (χ3v) is 4.65. The van der Waals surface area contributed by atoms with Crippen LogP contribution in [0.2, 0.25) is 0 Å². The molecule has 2 aromatic carbocycles. The van der Waals surface area contributed by atoms with Crippen LogP contribution in [0.25, 0.3) is 5.69 Å². The molecule has 0 aliphatic rings. The van der Waals surface area contributed by atoms with Gasteiger partial charge < -0.3 is 14.0 Å².